The summed E-state index contributed by atoms with van der Waals surface area (Å²) in [7, 11) is 0. The molecule has 7 heteroatoms. The molecule has 0 radical (unpaired) electrons. The summed E-state index contributed by atoms with van der Waals surface area (Å²) in [6, 6.07) is 13.4. The quantitative estimate of drug-likeness (QED) is 0.884. The van der Waals surface area contributed by atoms with E-state index in [0.717, 1.165) is 23.9 Å². The van der Waals surface area contributed by atoms with Crippen molar-refractivity contribution in [2.75, 3.05) is 0 Å². The zero-order valence-electron chi connectivity index (χ0n) is 11.7. The van der Waals surface area contributed by atoms with Crippen LogP contribution in [0.2, 0.25) is 0 Å². The smallest absolute Gasteiger partial charge is 0.373 e. The van der Waals surface area contributed by atoms with E-state index in [-0.39, 0.29) is 5.56 Å². The second-order valence-electron chi connectivity index (χ2n) is 5.09. The Labute approximate surface area is 134 Å². The third-order valence-corrected chi connectivity index (χ3v) is 4.95. The van der Waals surface area contributed by atoms with Gasteiger partial charge in [-0.25, -0.2) is 0 Å². The van der Waals surface area contributed by atoms with Crippen LogP contribution in [0.3, 0.4) is 0 Å². The van der Waals surface area contributed by atoms with E-state index in [1.54, 1.807) is 30.3 Å². The van der Waals surface area contributed by atoms with Gasteiger partial charge >= 0.3 is 6.18 Å². The highest BCUT2D eigenvalue weighted by Gasteiger charge is 2.47. The van der Waals surface area contributed by atoms with Crippen molar-refractivity contribution in [1.82, 2.24) is 5.32 Å². The molecule has 2 aromatic carbocycles. The molecule has 2 N–H and O–H groups in total. The SMILES string of the molecule is O=C1NC(c2ccccc2)(c2cccc(C(F)(F)F)c2)SC1O. The lowest BCUT2D eigenvalue weighted by molar-refractivity contribution is -0.137. The Morgan fingerprint density at radius 2 is 1.70 bits per heavy atom. The van der Waals surface area contributed by atoms with Crippen LogP contribution in [-0.2, 0) is 15.8 Å². The highest BCUT2D eigenvalue weighted by Crippen LogP contribution is 2.47. The molecule has 0 spiro atoms. The molecule has 120 valence electrons. The molecule has 1 saturated heterocycles. The van der Waals surface area contributed by atoms with Crippen LogP contribution in [0.15, 0.2) is 54.6 Å². The van der Waals surface area contributed by atoms with Gasteiger partial charge < -0.3 is 10.4 Å². The van der Waals surface area contributed by atoms with Gasteiger partial charge in [0.15, 0.2) is 5.44 Å². The third-order valence-electron chi connectivity index (χ3n) is 3.59. The van der Waals surface area contributed by atoms with Crippen LogP contribution in [0.4, 0.5) is 13.2 Å². The minimum Gasteiger partial charge on any atom is -0.373 e. The Kier molecular flexibility index (Phi) is 3.85. The molecule has 2 unspecified atom stereocenters. The van der Waals surface area contributed by atoms with Gasteiger partial charge in [-0.1, -0.05) is 54.2 Å². The first-order valence-corrected chi connectivity index (χ1v) is 7.62. The molecule has 0 aromatic heterocycles. The fourth-order valence-corrected chi connectivity index (χ4v) is 3.72. The second kappa shape index (κ2) is 5.58. The maximum atomic E-state index is 13.0. The van der Waals surface area contributed by atoms with E-state index in [2.05, 4.69) is 5.32 Å². The molecule has 1 aliphatic heterocycles. The van der Waals surface area contributed by atoms with Gasteiger partial charge in [-0.15, -0.1) is 0 Å². The van der Waals surface area contributed by atoms with Crippen LogP contribution in [0, 0.1) is 0 Å². The normalized spacial score (nSPS) is 24.5. The standard InChI is InChI=1S/C16H12F3NO2S/c17-16(18,19)12-8-4-7-11(9-12)15(10-5-2-1-3-6-10)20-13(21)14(22)23-15/h1-9,14,22H,(H,20,21). The minimum atomic E-state index is -4.49. The van der Waals surface area contributed by atoms with Crippen molar-refractivity contribution in [2.45, 2.75) is 16.5 Å². The van der Waals surface area contributed by atoms with Gasteiger partial charge in [-0.05, 0) is 23.3 Å². The van der Waals surface area contributed by atoms with E-state index >= 15 is 0 Å². The molecule has 3 rings (SSSR count). The minimum absolute atomic E-state index is 0.258. The Balaban J connectivity index is 2.16. The molecule has 2 aromatic rings. The maximum absolute atomic E-state index is 13.0. The fraction of sp³-hybridized carbons (Fsp3) is 0.188. The van der Waals surface area contributed by atoms with E-state index in [1.807, 2.05) is 0 Å². The van der Waals surface area contributed by atoms with Crippen molar-refractivity contribution in [3.63, 3.8) is 0 Å². The number of carbonyl (C=O) groups excluding carboxylic acids is 1. The fourth-order valence-electron chi connectivity index (χ4n) is 2.52. The van der Waals surface area contributed by atoms with Gasteiger partial charge in [0, 0.05) is 0 Å². The Morgan fingerprint density at radius 3 is 2.26 bits per heavy atom. The molecule has 1 heterocycles. The highest BCUT2D eigenvalue weighted by molar-refractivity contribution is 8.02. The molecule has 1 aliphatic rings. The zero-order chi connectivity index (χ0) is 16.7. The van der Waals surface area contributed by atoms with E-state index in [9.17, 15) is 23.1 Å². The first kappa shape index (κ1) is 15.9. The molecule has 0 aliphatic carbocycles. The molecule has 3 nitrogen and oxygen atoms in total. The number of rotatable bonds is 2. The van der Waals surface area contributed by atoms with E-state index < -0.39 is 28.0 Å². The molecule has 1 amide bonds. The number of hydrogen-bond acceptors (Lipinski definition) is 3. The van der Waals surface area contributed by atoms with E-state index in [1.165, 1.54) is 12.1 Å². The Hall–Kier alpha value is -1.99. The van der Waals surface area contributed by atoms with Crippen LogP contribution in [0.1, 0.15) is 16.7 Å². The number of alkyl halides is 3. The summed E-state index contributed by atoms with van der Waals surface area (Å²) in [5.74, 6) is -0.628. The third kappa shape index (κ3) is 2.82. The molecule has 1 fully saturated rings. The number of nitrogens with one attached hydrogen (secondary N) is 1. The van der Waals surface area contributed by atoms with Gasteiger partial charge in [-0.3, -0.25) is 4.79 Å². The predicted molar refractivity (Wildman–Crippen MR) is 80.4 cm³/mol. The first-order valence-electron chi connectivity index (χ1n) is 6.74. The summed E-state index contributed by atoms with van der Waals surface area (Å²) in [5, 5.41) is 12.4. The molecular weight excluding hydrogens is 327 g/mol. The average Bonchev–Trinajstić information content (AvgIpc) is 2.84. The molecule has 0 saturated carbocycles. The van der Waals surface area contributed by atoms with E-state index in [4.69, 9.17) is 0 Å². The van der Waals surface area contributed by atoms with Crippen LogP contribution in [0.25, 0.3) is 0 Å². The zero-order valence-corrected chi connectivity index (χ0v) is 12.5. The van der Waals surface area contributed by atoms with Gasteiger partial charge in [0.1, 0.15) is 4.87 Å². The van der Waals surface area contributed by atoms with Gasteiger partial charge in [0.25, 0.3) is 5.91 Å². The molecule has 2 atom stereocenters. The lowest BCUT2D eigenvalue weighted by Crippen LogP contribution is -2.38. The maximum Gasteiger partial charge on any atom is 0.416 e. The van der Waals surface area contributed by atoms with Crippen molar-refractivity contribution in [3.8, 4) is 0 Å². The van der Waals surface area contributed by atoms with Crippen molar-refractivity contribution in [2.24, 2.45) is 0 Å². The molecule has 23 heavy (non-hydrogen) atoms. The summed E-state index contributed by atoms with van der Waals surface area (Å²) in [6.07, 6.45) is -4.49. The van der Waals surface area contributed by atoms with Crippen LogP contribution < -0.4 is 5.32 Å². The largest absolute Gasteiger partial charge is 0.416 e. The number of aliphatic hydroxyl groups excluding tert-OH is 1. The summed E-state index contributed by atoms with van der Waals surface area (Å²) in [5.41, 5.74) is -1.30. The number of hydrogen-bond donors (Lipinski definition) is 2. The summed E-state index contributed by atoms with van der Waals surface area (Å²) < 4.78 is 39.0. The monoisotopic (exact) mass is 339 g/mol. The number of thioether (sulfide) groups is 1. The Bertz CT molecular complexity index is 736. The van der Waals surface area contributed by atoms with Crippen molar-refractivity contribution in [1.29, 1.82) is 0 Å². The summed E-state index contributed by atoms with van der Waals surface area (Å²) >= 11 is 0.874. The van der Waals surface area contributed by atoms with Gasteiger partial charge in [-0.2, -0.15) is 13.2 Å². The second-order valence-corrected chi connectivity index (χ2v) is 6.38. The van der Waals surface area contributed by atoms with Crippen LogP contribution in [-0.4, -0.2) is 16.4 Å². The van der Waals surface area contributed by atoms with Gasteiger partial charge in [0.2, 0.25) is 0 Å². The first-order chi connectivity index (χ1) is 10.8. The van der Waals surface area contributed by atoms with Crippen molar-refractivity contribution < 1.29 is 23.1 Å². The number of halogens is 3. The van der Waals surface area contributed by atoms with Crippen LogP contribution in [0.5, 0.6) is 0 Å². The number of carbonyl (C=O) groups is 1. The van der Waals surface area contributed by atoms with E-state index in [0.29, 0.717) is 5.56 Å². The number of aliphatic hydroxyl groups is 1. The summed E-state index contributed by atoms with van der Waals surface area (Å²) in [6.45, 7) is 0. The van der Waals surface area contributed by atoms with Crippen molar-refractivity contribution in [3.05, 3.63) is 71.3 Å². The topological polar surface area (TPSA) is 49.3 Å². The molecule has 0 bridgehead atoms. The average molecular weight is 339 g/mol. The lowest BCUT2D eigenvalue weighted by Gasteiger charge is -2.29. The van der Waals surface area contributed by atoms with Crippen LogP contribution >= 0.6 is 11.8 Å². The predicted octanol–water partition coefficient (Wildman–Crippen LogP) is 3.09. The molecular formula is C16H12F3NO2S. The Morgan fingerprint density at radius 1 is 1.04 bits per heavy atom. The lowest BCUT2D eigenvalue weighted by atomic mass is 9.96. The van der Waals surface area contributed by atoms with Gasteiger partial charge in [0.05, 0.1) is 5.56 Å². The number of benzene rings is 2. The summed E-state index contributed by atoms with van der Waals surface area (Å²) in [4.78, 5) is 10.6. The van der Waals surface area contributed by atoms with Crippen molar-refractivity contribution >= 4 is 17.7 Å². The highest BCUT2D eigenvalue weighted by atomic mass is 32.2. The number of amides is 1.